The van der Waals surface area contributed by atoms with Gasteiger partial charge in [-0.25, -0.2) is 22.0 Å². The van der Waals surface area contributed by atoms with Crippen LogP contribution in [0, 0.1) is 0 Å². The van der Waals surface area contributed by atoms with Crippen LogP contribution in [0.4, 0.5) is 0 Å². The SMILES string of the molecule is NCc1ccc(S(=O)(=O)c2ccc(S(N)(=O)=O)s2)cc1. The van der Waals surface area contributed by atoms with E-state index in [1.54, 1.807) is 12.1 Å². The van der Waals surface area contributed by atoms with Gasteiger partial charge in [-0.15, -0.1) is 11.3 Å². The lowest BCUT2D eigenvalue weighted by atomic mass is 10.2. The van der Waals surface area contributed by atoms with Crippen molar-refractivity contribution in [3.8, 4) is 0 Å². The molecule has 0 aliphatic rings. The van der Waals surface area contributed by atoms with Gasteiger partial charge in [-0.05, 0) is 29.8 Å². The minimum atomic E-state index is -3.90. The topological polar surface area (TPSA) is 120 Å². The number of primary sulfonamides is 1. The molecule has 0 amide bonds. The van der Waals surface area contributed by atoms with E-state index in [1.807, 2.05) is 0 Å². The molecule has 0 fully saturated rings. The van der Waals surface area contributed by atoms with Crippen LogP contribution in [-0.2, 0) is 26.4 Å². The molecule has 0 saturated heterocycles. The van der Waals surface area contributed by atoms with Gasteiger partial charge in [0.1, 0.15) is 8.42 Å². The summed E-state index contributed by atoms with van der Waals surface area (Å²) >= 11 is 0.626. The number of thiophene rings is 1. The Morgan fingerprint density at radius 2 is 1.45 bits per heavy atom. The first-order valence-corrected chi connectivity index (χ1v) is 9.26. The highest BCUT2D eigenvalue weighted by molar-refractivity contribution is 7.95. The third kappa shape index (κ3) is 2.91. The number of sulfonamides is 1. The predicted molar refractivity (Wildman–Crippen MR) is 75.5 cm³/mol. The van der Waals surface area contributed by atoms with Crippen molar-refractivity contribution in [3.05, 3.63) is 42.0 Å². The van der Waals surface area contributed by atoms with Crippen molar-refractivity contribution in [1.82, 2.24) is 0 Å². The molecular weight excluding hydrogens is 320 g/mol. The Balaban J connectivity index is 2.46. The molecule has 0 aliphatic heterocycles. The second-order valence-corrected chi connectivity index (χ2v) is 9.02. The molecule has 20 heavy (non-hydrogen) atoms. The van der Waals surface area contributed by atoms with Gasteiger partial charge < -0.3 is 5.73 Å². The number of hydrogen-bond donors (Lipinski definition) is 2. The average Bonchev–Trinajstić information content (AvgIpc) is 2.89. The highest BCUT2D eigenvalue weighted by atomic mass is 32.3. The Kier molecular flexibility index (Phi) is 3.98. The van der Waals surface area contributed by atoms with Crippen molar-refractivity contribution in [2.45, 2.75) is 19.9 Å². The zero-order chi connectivity index (χ0) is 15.0. The van der Waals surface area contributed by atoms with Gasteiger partial charge in [-0.3, -0.25) is 0 Å². The van der Waals surface area contributed by atoms with E-state index in [9.17, 15) is 16.8 Å². The Morgan fingerprint density at radius 1 is 0.900 bits per heavy atom. The molecule has 108 valence electrons. The van der Waals surface area contributed by atoms with Gasteiger partial charge in [0.2, 0.25) is 19.9 Å². The maximum Gasteiger partial charge on any atom is 0.247 e. The van der Waals surface area contributed by atoms with E-state index in [4.69, 9.17) is 10.9 Å². The monoisotopic (exact) mass is 332 g/mol. The summed E-state index contributed by atoms with van der Waals surface area (Å²) in [4.78, 5) is 0.0810. The Bertz CT molecular complexity index is 821. The van der Waals surface area contributed by atoms with Crippen LogP contribution >= 0.6 is 11.3 Å². The molecule has 0 bridgehead atoms. The van der Waals surface area contributed by atoms with Crippen LogP contribution < -0.4 is 10.9 Å². The molecule has 6 nitrogen and oxygen atoms in total. The van der Waals surface area contributed by atoms with Crippen LogP contribution in [-0.4, -0.2) is 16.8 Å². The average molecular weight is 332 g/mol. The van der Waals surface area contributed by atoms with Crippen molar-refractivity contribution in [3.63, 3.8) is 0 Å². The molecule has 0 aliphatic carbocycles. The first-order valence-electron chi connectivity index (χ1n) is 5.42. The minimum Gasteiger partial charge on any atom is -0.326 e. The molecule has 1 aromatic heterocycles. The van der Waals surface area contributed by atoms with Crippen LogP contribution in [0.2, 0.25) is 0 Å². The van der Waals surface area contributed by atoms with Crippen LogP contribution in [0.25, 0.3) is 0 Å². The zero-order valence-electron chi connectivity index (χ0n) is 10.2. The molecule has 0 spiro atoms. The highest BCUT2D eigenvalue weighted by Gasteiger charge is 2.22. The van der Waals surface area contributed by atoms with E-state index in [0.29, 0.717) is 17.9 Å². The Morgan fingerprint density at radius 3 is 1.90 bits per heavy atom. The smallest absolute Gasteiger partial charge is 0.247 e. The molecular formula is C11H12N2O4S3. The first-order chi connectivity index (χ1) is 9.25. The maximum absolute atomic E-state index is 12.3. The minimum absolute atomic E-state index is 0.0676. The number of sulfone groups is 1. The lowest BCUT2D eigenvalue weighted by Gasteiger charge is -2.03. The van der Waals surface area contributed by atoms with Crippen molar-refractivity contribution in [1.29, 1.82) is 0 Å². The fourth-order valence-electron chi connectivity index (χ4n) is 1.52. The standard InChI is InChI=1S/C11H12N2O4S3/c12-7-8-1-3-9(4-2-8)19(14,15)10-5-6-11(18-10)20(13,16)17/h1-6H,7,12H2,(H2,13,16,17). The molecule has 0 atom stereocenters. The van der Waals surface area contributed by atoms with Gasteiger partial charge >= 0.3 is 0 Å². The highest BCUT2D eigenvalue weighted by Crippen LogP contribution is 2.29. The molecule has 9 heteroatoms. The zero-order valence-corrected chi connectivity index (χ0v) is 12.6. The Hall–Kier alpha value is -1.26. The quantitative estimate of drug-likeness (QED) is 0.853. The van der Waals surface area contributed by atoms with Crippen LogP contribution in [0.1, 0.15) is 5.56 Å². The van der Waals surface area contributed by atoms with Crippen molar-refractivity contribution in [2.24, 2.45) is 10.9 Å². The third-order valence-electron chi connectivity index (χ3n) is 2.57. The van der Waals surface area contributed by atoms with Gasteiger partial charge in [-0.1, -0.05) is 12.1 Å². The molecule has 0 radical (unpaired) electrons. The van der Waals surface area contributed by atoms with Gasteiger partial charge in [0, 0.05) is 6.54 Å². The summed E-state index contributed by atoms with van der Waals surface area (Å²) in [6.07, 6.45) is 0. The second kappa shape index (κ2) is 5.26. The molecule has 4 N–H and O–H groups in total. The van der Waals surface area contributed by atoms with E-state index < -0.39 is 19.9 Å². The first kappa shape index (κ1) is 15.1. The lowest BCUT2D eigenvalue weighted by Crippen LogP contribution is -2.09. The molecule has 0 saturated carbocycles. The number of benzene rings is 1. The van der Waals surface area contributed by atoms with E-state index in [1.165, 1.54) is 24.3 Å². The van der Waals surface area contributed by atoms with Crippen LogP contribution in [0.3, 0.4) is 0 Å². The Labute approximate surface area is 121 Å². The molecule has 0 unspecified atom stereocenters. The normalized spacial score (nSPS) is 12.5. The number of hydrogen-bond acceptors (Lipinski definition) is 6. The van der Waals surface area contributed by atoms with Crippen molar-refractivity contribution < 1.29 is 16.8 Å². The summed E-state index contributed by atoms with van der Waals surface area (Å²) in [5, 5.41) is 4.96. The molecule has 1 aromatic carbocycles. The van der Waals surface area contributed by atoms with Crippen molar-refractivity contribution in [2.75, 3.05) is 0 Å². The van der Waals surface area contributed by atoms with E-state index in [0.717, 1.165) is 5.56 Å². The third-order valence-corrected chi connectivity index (χ3v) is 7.36. The van der Waals surface area contributed by atoms with Gasteiger partial charge in [0.05, 0.1) is 4.90 Å². The number of rotatable bonds is 4. The van der Waals surface area contributed by atoms with E-state index in [2.05, 4.69) is 0 Å². The van der Waals surface area contributed by atoms with Gasteiger partial charge in [-0.2, -0.15) is 0 Å². The van der Waals surface area contributed by atoms with Crippen molar-refractivity contribution >= 4 is 31.2 Å². The summed E-state index contributed by atoms with van der Waals surface area (Å²) in [6.45, 7) is 0.314. The summed E-state index contributed by atoms with van der Waals surface area (Å²) in [5.41, 5.74) is 6.25. The molecule has 2 aromatic rings. The van der Waals surface area contributed by atoms with Gasteiger partial charge in [0.25, 0.3) is 0 Å². The second-order valence-electron chi connectivity index (χ2n) is 3.97. The summed E-state index contributed by atoms with van der Waals surface area (Å²) < 4.78 is 46.7. The molecule has 1 heterocycles. The van der Waals surface area contributed by atoms with E-state index in [-0.39, 0.29) is 13.3 Å². The summed E-state index contributed by atoms with van der Waals surface area (Å²) in [6, 6.07) is 8.52. The number of nitrogens with two attached hydrogens (primary N) is 2. The maximum atomic E-state index is 12.3. The summed E-state index contributed by atoms with van der Waals surface area (Å²) in [5.74, 6) is 0. The predicted octanol–water partition coefficient (Wildman–Crippen LogP) is 0.687. The lowest BCUT2D eigenvalue weighted by molar-refractivity contribution is 0.597. The van der Waals surface area contributed by atoms with Gasteiger partial charge in [0.15, 0.2) is 0 Å². The van der Waals surface area contributed by atoms with Crippen LogP contribution in [0.5, 0.6) is 0 Å². The fourth-order valence-corrected chi connectivity index (χ4v) is 5.11. The van der Waals surface area contributed by atoms with E-state index >= 15 is 0 Å². The molecule has 2 rings (SSSR count). The van der Waals surface area contributed by atoms with Crippen LogP contribution in [0.15, 0.2) is 49.7 Å². The fraction of sp³-hybridized carbons (Fsp3) is 0.0909. The largest absolute Gasteiger partial charge is 0.326 e. The summed E-state index contributed by atoms with van der Waals surface area (Å²) in [7, 11) is -7.64.